The van der Waals surface area contributed by atoms with Crippen LogP contribution in [0.25, 0.3) is 0 Å². The van der Waals surface area contributed by atoms with Crippen LogP contribution in [0.2, 0.25) is 0 Å². The van der Waals surface area contributed by atoms with Gasteiger partial charge in [-0.3, -0.25) is 0 Å². The zero-order chi connectivity index (χ0) is 14.7. The number of aromatic nitrogens is 3. The van der Waals surface area contributed by atoms with E-state index in [9.17, 15) is 0 Å². The van der Waals surface area contributed by atoms with Gasteiger partial charge in [0.25, 0.3) is 0 Å². The first kappa shape index (κ1) is 14.1. The van der Waals surface area contributed by atoms with E-state index in [4.69, 9.17) is 9.84 Å². The third-order valence-corrected chi connectivity index (χ3v) is 4.15. The fraction of sp³-hybridized carbons (Fsp3) is 0.357. The SMILES string of the molecule is COc1ccc(C2=Nn3c(CCCO)nnc3SC2)cc1. The molecule has 1 aliphatic heterocycles. The minimum Gasteiger partial charge on any atom is -0.497 e. The van der Waals surface area contributed by atoms with Gasteiger partial charge in [0.2, 0.25) is 5.16 Å². The lowest BCUT2D eigenvalue weighted by Crippen LogP contribution is -2.14. The third-order valence-electron chi connectivity index (χ3n) is 3.22. The van der Waals surface area contributed by atoms with Gasteiger partial charge >= 0.3 is 0 Å². The average molecular weight is 304 g/mol. The predicted octanol–water partition coefficient (Wildman–Crippen LogP) is 1.57. The van der Waals surface area contributed by atoms with E-state index in [0.29, 0.717) is 12.8 Å². The van der Waals surface area contributed by atoms with Crippen molar-refractivity contribution in [3.63, 3.8) is 0 Å². The maximum absolute atomic E-state index is 8.94. The van der Waals surface area contributed by atoms with Crippen molar-refractivity contribution < 1.29 is 9.84 Å². The number of aliphatic hydroxyl groups excluding tert-OH is 1. The van der Waals surface area contributed by atoms with Crippen LogP contribution in [0.3, 0.4) is 0 Å². The van der Waals surface area contributed by atoms with E-state index in [-0.39, 0.29) is 6.61 Å². The molecule has 3 rings (SSSR count). The van der Waals surface area contributed by atoms with E-state index < -0.39 is 0 Å². The van der Waals surface area contributed by atoms with Crippen LogP contribution in [0.4, 0.5) is 0 Å². The van der Waals surface area contributed by atoms with Crippen molar-refractivity contribution in [2.75, 3.05) is 19.5 Å². The Morgan fingerprint density at radius 3 is 2.81 bits per heavy atom. The number of aliphatic hydroxyl groups is 1. The van der Waals surface area contributed by atoms with Crippen molar-refractivity contribution >= 4 is 17.5 Å². The van der Waals surface area contributed by atoms with Crippen LogP contribution in [-0.4, -0.2) is 45.2 Å². The second-order valence-corrected chi connectivity index (χ2v) is 5.54. The van der Waals surface area contributed by atoms with Crippen molar-refractivity contribution in [2.24, 2.45) is 5.10 Å². The summed E-state index contributed by atoms with van der Waals surface area (Å²) in [5.74, 6) is 2.39. The number of fused-ring (bicyclic) bond motifs is 1. The molecule has 0 saturated heterocycles. The number of benzene rings is 1. The van der Waals surface area contributed by atoms with Crippen LogP contribution in [0.15, 0.2) is 34.5 Å². The van der Waals surface area contributed by atoms with E-state index in [1.54, 1.807) is 23.5 Å². The monoisotopic (exact) mass is 304 g/mol. The van der Waals surface area contributed by atoms with Crippen molar-refractivity contribution in [2.45, 2.75) is 18.0 Å². The number of aryl methyl sites for hydroxylation is 1. The van der Waals surface area contributed by atoms with E-state index in [1.807, 2.05) is 24.3 Å². The van der Waals surface area contributed by atoms with Crippen molar-refractivity contribution in [3.8, 4) is 5.75 Å². The highest BCUT2D eigenvalue weighted by Crippen LogP contribution is 2.25. The molecule has 0 amide bonds. The summed E-state index contributed by atoms with van der Waals surface area (Å²) >= 11 is 1.62. The molecule has 0 aliphatic carbocycles. The van der Waals surface area contributed by atoms with Gasteiger partial charge in [-0.1, -0.05) is 11.8 Å². The molecule has 1 aliphatic rings. The van der Waals surface area contributed by atoms with Gasteiger partial charge in [-0.15, -0.1) is 10.2 Å². The summed E-state index contributed by atoms with van der Waals surface area (Å²) in [5, 5.41) is 22.7. The van der Waals surface area contributed by atoms with E-state index in [2.05, 4.69) is 15.3 Å². The van der Waals surface area contributed by atoms with Crippen LogP contribution < -0.4 is 4.74 Å². The van der Waals surface area contributed by atoms with E-state index >= 15 is 0 Å². The first-order valence-corrected chi connectivity index (χ1v) is 7.70. The molecule has 1 aromatic carbocycles. The molecule has 0 unspecified atom stereocenters. The molecule has 21 heavy (non-hydrogen) atoms. The van der Waals surface area contributed by atoms with Crippen molar-refractivity contribution in [3.05, 3.63) is 35.7 Å². The normalized spacial score (nSPS) is 13.7. The number of hydrogen-bond donors (Lipinski definition) is 1. The summed E-state index contributed by atoms with van der Waals surface area (Å²) in [7, 11) is 1.65. The number of hydrogen-bond acceptors (Lipinski definition) is 6. The zero-order valence-electron chi connectivity index (χ0n) is 11.7. The predicted molar refractivity (Wildman–Crippen MR) is 81.1 cm³/mol. The number of rotatable bonds is 5. The molecule has 110 valence electrons. The van der Waals surface area contributed by atoms with Gasteiger partial charge in [-0.05, 0) is 36.2 Å². The summed E-state index contributed by atoms with van der Waals surface area (Å²) in [6, 6.07) is 7.86. The molecule has 1 aromatic heterocycles. The van der Waals surface area contributed by atoms with Crippen LogP contribution in [0.5, 0.6) is 5.75 Å². The second kappa shape index (κ2) is 6.28. The highest BCUT2D eigenvalue weighted by molar-refractivity contribution is 7.99. The van der Waals surface area contributed by atoms with Crippen LogP contribution >= 0.6 is 11.8 Å². The number of ether oxygens (including phenoxy) is 1. The second-order valence-electron chi connectivity index (χ2n) is 4.60. The minimum absolute atomic E-state index is 0.143. The molecule has 7 heteroatoms. The summed E-state index contributed by atoms with van der Waals surface area (Å²) in [6.45, 7) is 0.143. The molecule has 0 atom stereocenters. The van der Waals surface area contributed by atoms with E-state index in [0.717, 1.165) is 33.8 Å². The lowest BCUT2D eigenvalue weighted by molar-refractivity contribution is 0.287. The molecule has 1 N–H and O–H groups in total. The first-order chi connectivity index (χ1) is 10.3. The molecular formula is C14H16N4O2S. The molecule has 0 saturated carbocycles. The lowest BCUT2D eigenvalue weighted by atomic mass is 10.1. The quantitative estimate of drug-likeness (QED) is 0.908. The Morgan fingerprint density at radius 2 is 2.10 bits per heavy atom. The lowest BCUT2D eigenvalue weighted by Gasteiger charge is -2.14. The van der Waals surface area contributed by atoms with E-state index in [1.165, 1.54) is 0 Å². The van der Waals surface area contributed by atoms with Gasteiger partial charge in [0, 0.05) is 18.8 Å². The Bertz CT molecular complexity index is 651. The molecular weight excluding hydrogens is 288 g/mol. The van der Waals surface area contributed by atoms with Gasteiger partial charge in [0.15, 0.2) is 5.82 Å². The highest BCUT2D eigenvalue weighted by Gasteiger charge is 2.19. The summed E-state index contributed by atoms with van der Waals surface area (Å²) < 4.78 is 6.95. The molecule has 6 nitrogen and oxygen atoms in total. The molecule has 0 radical (unpaired) electrons. The maximum atomic E-state index is 8.94. The third kappa shape index (κ3) is 2.93. The topological polar surface area (TPSA) is 72.5 Å². The summed E-state index contributed by atoms with van der Waals surface area (Å²) in [4.78, 5) is 0. The molecule has 2 aromatic rings. The largest absolute Gasteiger partial charge is 0.497 e. The Labute approximate surface area is 126 Å². The van der Waals surface area contributed by atoms with Crippen molar-refractivity contribution in [1.82, 2.24) is 14.9 Å². The van der Waals surface area contributed by atoms with Gasteiger partial charge < -0.3 is 9.84 Å². The fourth-order valence-corrected chi connectivity index (χ4v) is 2.94. The number of nitrogens with zero attached hydrogens (tertiary/aromatic N) is 4. The molecule has 2 heterocycles. The van der Waals surface area contributed by atoms with Crippen molar-refractivity contribution in [1.29, 1.82) is 0 Å². The molecule has 0 fully saturated rings. The fourth-order valence-electron chi connectivity index (χ4n) is 2.09. The summed E-state index contributed by atoms with van der Waals surface area (Å²) in [6.07, 6.45) is 1.33. The van der Waals surface area contributed by atoms with Gasteiger partial charge in [0.1, 0.15) is 5.75 Å². The Morgan fingerprint density at radius 1 is 1.29 bits per heavy atom. The summed E-state index contributed by atoms with van der Waals surface area (Å²) in [5.41, 5.74) is 2.05. The zero-order valence-corrected chi connectivity index (χ0v) is 12.5. The number of methoxy groups -OCH3 is 1. The van der Waals surface area contributed by atoms with Crippen LogP contribution in [-0.2, 0) is 6.42 Å². The van der Waals surface area contributed by atoms with Gasteiger partial charge in [-0.2, -0.15) is 9.78 Å². The first-order valence-electron chi connectivity index (χ1n) is 6.72. The minimum atomic E-state index is 0.143. The van der Waals surface area contributed by atoms with Crippen LogP contribution in [0.1, 0.15) is 17.8 Å². The van der Waals surface area contributed by atoms with Gasteiger partial charge in [-0.25, -0.2) is 0 Å². The number of thioether (sulfide) groups is 1. The van der Waals surface area contributed by atoms with Gasteiger partial charge in [0.05, 0.1) is 12.8 Å². The Hall–Kier alpha value is -1.86. The molecule has 0 spiro atoms. The Balaban J connectivity index is 1.89. The van der Waals surface area contributed by atoms with Crippen LogP contribution in [0, 0.1) is 0 Å². The average Bonchev–Trinajstić information content (AvgIpc) is 2.95. The highest BCUT2D eigenvalue weighted by atomic mass is 32.2. The smallest absolute Gasteiger partial charge is 0.212 e. The molecule has 0 bridgehead atoms. The maximum Gasteiger partial charge on any atom is 0.212 e. The Kier molecular flexibility index (Phi) is 4.21. The standard InChI is InChI=1S/C14H16N4O2S/c1-20-11-6-4-10(5-7-11)12-9-21-14-16-15-13(3-2-8-19)18(14)17-12/h4-7,19H,2-3,8-9H2,1H3.